The minimum absolute atomic E-state index is 0.634. The topological polar surface area (TPSA) is 118 Å². The molecular formula is C9H22NNiO5S. The van der Waals surface area contributed by atoms with E-state index in [0.717, 1.165) is 25.7 Å². The minimum atomic E-state index is -3.77. The Morgan fingerprint density at radius 1 is 1.18 bits per heavy atom. The molecule has 0 spiro atoms. The molecule has 0 aliphatic carbocycles. The predicted octanol–water partition coefficient (Wildman–Crippen LogP) is 2.47. The summed E-state index contributed by atoms with van der Waals surface area (Å²) in [7, 11) is -3.77. The van der Waals surface area contributed by atoms with Crippen molar-refractivity contribution >= 4 is 14.7 Å². The molecule has 0 heterocycles. The van der Waals surface area contributed by atoms with Crippen LogP contribution in [0.1, 0.15) is 39.5 Å². The zero-order valence-electron chi connectivity index (χ0n) is 10.2. The van der Waals surface area contributed by atoms with Crippen molar-refractivity contribution in [3.8, 4) is 0 Å². The first-order valence-corrected chi connectivity index (χ1v) is 9.12. The molecule has 109 valence electrons. The summed E-state index contributed by atoms with van der Waals surface area (Å²) in [4.78, 5) is 8.78. The molecule has 1 amide bonds. The maximum absolute atomic E-state index is 10.9. The number of amides is 1. The van der Waals surface area contributed by atoms with Crippen molar-refractivity contribution < 1.29 is 35.2 Å². The van der Waals surface area contributed by atoms with Gasteiger partial charge in [0.2, 0.25) is 0 Å². The number of carbonyl (C=O) groups is 1. The molecular weight excluding hydrogens is 293 g/mol. The third-order valence-corrected chi connectivity index (χ3v) is 7.00. The van der Waals surface area contributed by atoms with Crippen molar-refractivity contribution in [3.05, 3.63) is 0 Å². The molecule has 4 N–H and O–H groups in total. The molecule has 0 saturated heterocycles. The first-order chi connectivity index (χ1) is 7.75. The predicted molar refractivity (Wildman–Crippen MR) is 63.2 cm³/mol. The van der Waals surface area contributed by atoms with Gasteiger partial charge in [-0.3, -0.25) is 0 Å². The van der Waals surface area contributed by atoms with Crippen LogP contribution >= 0.6 is 0 Å². The molecule has 0 aliphatic heterocycles. The largest absolute Gasteiger partial charge is 0.465 e. The van der Waals surface area contributed by atoms with E-state index in [0.29, 0.717) is 10.8 Å². The molecule has 0 aromatic carbocycles. The summed E-state index contributed by atoms with van der Waals surface area (Å²) in [6, 6.07) is 0. The summed E-state index contributed by atoms with van der Waals surface area (Å²) in [6.45, 7) is 4.04. The van der Waals surface area contributed by atoms with Gasteiger partial charge < -0.3 is 10.8 Å². The van der Waals surface area contributed by atoms with Crippen LogP contribution in [-0.2, 0) is 21.0 Å². The molecule has 0 aromatic rings. The second kappa shape index (κ2) is 10.8. The van der Waals surface area contributed by atoms with Gasteiger partial charge >= 0.3 is 90.3 Å². The molecule has 17 heavy (non-hydrogen) atoms. The molecule has 8 heteroatoms. The van der Waals surface area contributed by atoms with Crippen LogP contribution in [0.3, 0.4) is 0 Å². The average molecular weight is 315 g/mol. The fourth-order valence-electron chi connectivity index (χ4n) is 0.715. The fourth-order valence-corrected chi connectivity index (χ4v) is 5.05. The Morgan fingerprint density at radius 2 is 1.47 bits per heavy atom. The van der Waals surface area contributed by atoms with Crippen LogP contribution in [0.15, 0.2) is 0 Å². The van der Waals surface area contributed by atoms with Gasteiger partial charge in [0.25, 0.3) is 0 Å². The van der Waals surface area contributed by atoms with Gasteiger partial charge in [0, 0.05) is 0 Å². The van der Waals surface area contributed by atoms with Crippen LogP contribution in [-0.4, -0.2) is 24.2 Å². The van der Waals surface area contributed by atoms with E-state index in [9.17, 15) is 8.42 Å². The maximum atomic E-state index is 10.9. The van der Waals surface area contributed by atoms with Crippen LogP contribution < -0.4 is 5.73 Å². The normalized spacial score (nSPS) is 11.4. The second-order valence-electron chi connectivity index (χ2n) is 3.08. The summed E-state index contributed by atoms with van der Waals surface area (Å²) in [5.74, 6) is 0. The Morgan fingerprint density at radius 3 is 1.65 bits per heavy atom. The monoisotopic (exact) mass is 314 g/mol. The number of hydrogen-bond acceptors (Lipinski definition) is 3. The van der Waals surface area contributed by atoms with E-state index in [2.05, 4.69) is 5.73 Å². The van der Waals surface area contributed by atoms with Crippen LogP contribution in [0.4, 0.5) is 4.79 Å². The van der Waals surface area contributed by atoms with Crippen molar-refractivity contribution in [3.63, 3.8) is 0 Å². The molecule has 0 bridgehead atoms. The molecule has 0 aromatic heterocycles. The third kappa shape index (κ3) is 15.7. The number of unbranched alkanes of at least 4 members (excludes halogenated alkanes) is 2. The molecule has 0 aliphatic rings. The average Bonchev–Trinajstić information content (AvgIpc) is 2.15. The summed E-state index contributed by atoms with van der Waals surface area (Å²) in [6.07, 6.45) is 2.40. The van der Waals surface area contributed by atoms with E-state index in [1.165, 1.54) is 0 Å². The zero-order valence-corrected chi connectivity index (χ0v) is 12.0. The quantitative estimate of drug-likeness (QED) is 0.493. The van der Waals surface area contributed by atoms with E-state index >= 15 is 0 Å². The van der Waals surface area contributed by atoms with Crippen molar-refractivity contribution in [2.24, 2.45) is 5.73 Å². The van der Waals surface area contributed by atoms with Crippen molar-refractivity contribution in [2.45, 2.75) is 50.3 Å². The Kier molecular flexibility index (Phi) is 12.1. The zero-order chi connectivity index (χ0) is 13.9. The van der Waals surface area contributed by atoms with Gasteiger partial charge in [0.05, 0.1) is 0 Å². The summed E-state index contributed by atoms with van der Waals surface area (Å²) < 4.78 is 30.8. The number of carboxylic acid groups (broad SMARTS) is 1. The van der Waals surface area contributed by atoms with E-state index in [4.69, 9.17) is 14.5 Å². The maximum Gasteiger partial charge on any atom is 0.402 e. The van der Waals surface area contributed by atoms with E-state index in [1.54, 1.807) is 0 Å². The van der Waals surface area contributed by atoms with Gasteiger partial charge in [-0.1, -0.05) is 0 Å². The van der Waals surface area contributed by atoms with Gasteiger partial charge in [-0.15, -0.1) is 0 Å². The molecule has 0 atom stereocenters. The summed E-state index contributed by atoms with van der Waals surface area (Å²) in [5.41, 5.74) is 4.03. The van der Waals surface area contributed by atoms with E-state index in [1.807, 2.05) is 13.8 Å². The SMILES string of the molecule is CCC[CH2][Ni]([CH2]CCC)[S](=O)(=O)O.NC(=O)O. The van der Waals surface area contributed by atoms with Crippen LogP contribution in [0.5, 0.6) is 0 Å². The molecule has 0 radical (unpaired) electrons. The van der Waals surface area contributed by atoms with Gasteiger partial charge in [0.15, 0.2) is 0 Å². The molecule has 6 nitrogen and oxygen atoms in total. The molecule has 0 saturated carbocycles. The number of nitrogens with two attached hydrogens (primary N) is 1. The van der Waals surface area contributed by atoms with E-state index in [-0.39, 0.29) is 0 Å². The van der Waals surface area contributed by atoms with Crippen LogP contribution in [0, 0.1) is 0 Å². The Labute approximate surface area is 106 Å². The van der Waals surface area contributed by atoms with Crippen molar-refractivity contribution in [1.29, 1.82) is 0 Å². The van der Waals surface area contributed by atoms with Crippen LogP contribution in [0.2, 0.25) is 10.8 Å². The second-order valence-corrected chi connectivity index (χ2v) is 8.93. The first-order valence-electron chi connectivity index (χ1n) is 5.22. The fraction of sp³-hybridized carbons (Fsp3) is 0.889. The minimum Gasteiger partial charge on any atom is -0.465 e. The summed E-state index contributed by atoms with van der Waals surface area (Å²) in [5, 5.41) is 8.46. The first kappa shape index (κ1) is 19.0. The van der Waals surface area contributed by atoms with Crippen molar-refractivity contribution in [1.82, 2.24) is 0 Å². The number of primary amides is 1. The Balaban J connectivity index is 0. The molecule has 0 unspecified atom stereocenters. The third-order valence-electron chi connectivity index (χ3n) is 1.51. The number of rotatable bonds is 7. The van der Waals surface area contributed by atoms with Crippen LogP contribution in [0.25, 0.3) is 0 Å². The van der Waals surface area contributed by atoms with Gasteiger partial charge in [-0.05, 0) is 0 Å². The van der Waals surface area contributed by atoms with Gasteiger partial charge in [-0.25, -0.2) is 4.79 Å². The Bertz CT molecular complexity index is 282. The smallest absolute Gasteiger partial charge is 0.402 e. The Hall–Kier alpha value is -0.326. The number of hydrogen-bond donors (Lipinski definition) is 3. The molecule has 0 fully saturated rings. The van der Waals surface area contributed by atoms with Crippen molar-refractivity contribution in [2.75, 3.05) is 0 Å². The standard InChI is InChI=1S/2C4H9.CH3NO2.Ni.HO3S/c2*1-3-4-2;2-1(3)4;;1-4(2)3/h2*1,3-4H2,2H3;2H2,(H,3,4);;(H,1,2,3). The van der Waals surface area contributed by atoms with Gasteiger partial charge in [-0.2, -0.15) is 0 Å². The van der Waals surface area contributed by atoms with Gasteiger partial charge in [0.1, 0.15) is 0 Å². The molecule has 0 rings (SSSR count). The van der Waals surface area contributed by atoms with E-state index < -0.39 is 27.0 Å². The summed E-state index contributed by atoms with van der Waals surface area (Å²) >= 11 is -0.953.